The van der Waals surface area contributed by atoms with E-state index in [1.165, 1.54) is 0 Å². The van der Waals surface area contributed by atoms with Crippen molar-refractivity contribution < 1.29 is 4.52 Å². The van der Waals surface area contributed by atoms with E-state index in [1.807, 2.05) is 39.0 Å². The number of anilines is 1. The summed E-state index contributed by atoms with van der Waals surface area (Å²) in [6.07, 6.45) is 0. The summed E-state index contributed by atoms with van der Waals surface area (Å²) in [7, 11) is 0. The molecule has 2 N–H and O–H groups in total. The van der Waals surface area contributed by atoms with Crippen LogP contribution in [0.5, 0.6) is 0 Å². The summed E-state index contributed by atoms with van der Waals surface area (Å²) in [4.78, 5) is 5.51. The number of nitrogens with zero attached hydrogens (tertiary/aromatic N) is 2. The molecule has 6 heteroatoms. The predicted octanol–water partition coefficient (Wildman–Crippen LogP) is 4.00. The smallest absolute Gasteiger partial charge is 0.232 e. The third-order valence-electron chi connectivity index (χ3n) is 2.42. The number of hydrogen-bond donors (Lipinski definition) is 1. The molecule has 0 fully saturated rings. The van der Waals surface area contributed by atoms with Gasteiger partial charge in [0.1, 0.15) is 0 Å². The number of aromatic nitrogens is 2. The second-order valence-corrected chi connectivity index (χ2v) is 7.12. The Kier molecular flexibility index (Phi) is 4.20. The van der Waals surface area contributed by atoms with Crippen LogP contribution in [0.4, 0.5) is 5.69 Å². The highest BCUT2D eigenvalue weighted by Crippen LogP contribution is 2.31. The lowest BCUT2D eigenvalue weighted by Crippen LogP contribution is -2.11. The van der Waals surface area contributed by atoms with E-state index in [4.69, 9.17) is 10.3 Å². The van der Waals surface area contributed by atoms with E-state index in [0.29, 0.717) is 17.5 Å². The maximum atomic E-state index is 5.71. The molecular formula is C13H16BrN3OS. The fourth-order valence-electron chi connectivity index (χ4n) is 1.39. The van der Waals surface area contributed by atoms with Crippen LogP contribution in [0.1, 0.15) is 32.5 Å². The van der Waals surface area contributed by atoms with Crippen LogP contribution in [0.15, 0.2) is 32.1 Å². The van der Waals surface area contributed by atoms with E-state index in [0.717, 1.165) is 15.1 Å². The Morgan fingerprint density at radius 1 is 1.37 bits per heavy atom. The Morgan fingerprint density at radius 2 is 2.11 bits per heavy atom. The van der Waals surface area contributed by atoms with Gasteiger partial charge in [-0.15, -0.1) is 11.8 Å². The van der Waals surface area contributed by atoms with Gasteiger partial charge in [-0.25, -0.2) is 0 Å². The maximum Gasteiger partial charge on any atom is 0.232 e. The van der Waals surface area contributed by atoms with Crippen LogP contribution >= 0.6 is 27.7 Å². The van der Waals surface area contributed by atoms with Gasteiger partial charge >= 0.3 is 0 Å². The van der Waals surface area contributed by atoms with Crippen LogP contribution in [-0.4, -0.2) is 10.1 Å². The molecule has 0 saturated heterocycles. The molecule has 2 aromatic rings. The molecule has 0 radical (unpaired) electrons. The SMILES string of the molecule is CC(C)(C)c1nc(CSc2ccc(N)cc2Br)no1. The number of benzene rings is 1. The van der Waals surface area contributed by atoms with Crippen molar-refractivity contribution >= 4 is 33.4 Å². The Labute approximate surface area is 125 Å². The van der Waals surface area contributed by atoms with Gasteiger partial charge in [0, 0.05) is 20.5 Å². The normalized spacial score (nSPS) is 11.8. The summed E-state index contributed by atoms with van der Waals surface area (Å²) < 4.78 is 6.24. The van der Waals surface area contributed by atoms with E-state index in [-0.39, 0.29) is 5.41 Å². The standard InChI is InChI=1S/C13H16BrN3OS/c1-13(2,3)12-16-11(17-18-12)7-19-10-5-4-8(15)6-9(10)14/h4-6H,7,15H2,1-3H3. The van der Waals surface area contributed by atoms with Gasteiger partial charge in [0.25, 0.3) is 0 Å². The number of hydrogen-bond acceptors (Lipinski definition) is 5. The molecule has 1 aromatic carbocycles. The molecular weight excluding hydrogens is 326 g/mol. The molecule has 4 nitrogen and oxygen atoms in total. The minimum atomic E-state index is -0.113. The van der Waals surface area contributed by atoms with Crippen molar-refractivity contribution in [3.05, 3.63) is 34.4 Å². The lowest BCUT2D eigenvalue weighted by molar-refractivity contribution is 0.319. The molecule has 0 aliphatic heterocycles. The number of rotatable bonds is 3. The second kappa shape index (κ2) is 5.54. The van der Waals surface area contributed by atoms with Crippen LogP contribution in [0.25, 0.3) is 0 Å². The molecule has 0 saturated carbocycles. The first-order valence-corrected chi connectivity index (χ1v) is 7.65. The number of thioether (sulfide) groups is 1. The Bertz CT molecular complexity index is 578. The Balaban J connectivity index is 2.04. The second-order valence-electron chi connectivity index (χ2n) is 5.24. The van der Waals surface area contributed by atoms with Crippen LogP contribution in [0.2, 0.25) is 0 Å². The van der Waals surface area contributed by atoms with Gasteiger partial charge in [-0.05, 0) is 34.1 Å². The molecule has 19 heavy (non-hydrogen) atoms. The van der Waals surface area contributed by atoms with Crippen molar-refractivity contribution in [3.63, 3.8) is 0 Å². The van der Waals surface area contributed by atoms with Gasteiger partial charge < -0.3 is 10.3 Å². The van der Waals surface area contributed by atoms with Crippen molar-refractivity contribution in [3.8, 4) is 0 Å². The van der Waals surface area contributed by atoms with Gasteiger partial charge in [0.05, 0.1) is 5.75 Å². The van der Waals surface area contributed by atoms with Gasteiger partial charge in [0.2, 0.25) is 5.89 Å². The number of nitrogens with two attached hydrogens (primary N) is 1. The lowest BCUT2D eigenvalue weighted by Gasteiger charge is -2.10. The molecule has 1 heterocycles. The summed E-state index contributed by atoms with van der Waals surface area (Å²) in [5.41, 5.74) is 6.34. The van der Waals surface area contributed by atoms with Gasteiger partial charge in [-0.2, -0.15) is 4.98 Å². The monoisotopic (exact) mass is 341 g/mol. The molecule has 2 rings (SSSR count). The first kappa shape index (κ1) is 14.4. The molecule has 0 spiro atoms. The third-order valence-corrected chi connectivity index (χ3v) is 4.41. The highest BCUT2D eigenvalue weighted by Gasteiger charge is 2.21. The molecule has 102 valence electrons. The molecule has 1 aromatic heterocycles. The van der Waals surface area contributed by atoms with E-state index < -0.39 is 0 Å². The Morgan fingerprint density at radius 3 is 2.68 bits per heavy atom. The van der Waals surface area contributed by atoms with Crippen LogP contribution in [0.3, 0.4) is 0 Å². The molecule has 0 atom stereocenters. The Hall–Kier alpha value is -1.01. The lowest BCUT2D eigenvalue weighted by atomic mass is 9.97. The minimum absolute atomic E-state index is 0.113. The molecule has 0 aliphatic rings. The van der Waals surface area contributed by atoms with Crippen molar-refractivity contribution in [2.24, 2.45) is 0 Å². The largest absolute Gasteiger partial charge is 0.399 e. The summed E-state index contributed by atoms with van der Waals surface area (Å²) in [5, 5.41) is 4.00. The molecule has 0 bridgehead atoms. The van der Waals surface area contributed by atoms with E-state index in [1.54, 1.807) is 11.8 Å². The molecule has 0 amide bonds. The predicted molar refractivity (Wildman–Crippen MR) is 81.1 cm³/mol. The van der Waals surface area contributed by atoms with Gasteiger partial charge in [0.15, 0.2) is 5.82 Å². The quantitative estimate of drug-likeness (QED) is 0.675. The number of halogens is 1. The molecule has 0 aliphatic carbocycles. The average Bonchev–Trinajstić information content (AvgIpc) is 2.76. The van der Waals surface area contributed by atoms with Crippen LogP contribution in [0, 0.1) is 0 Å². The van der Waals surface area contributed by atoms with E-state index in [2.05, 4.69) is 26.1 Å². The first-order chi connectivity index (χ1) is 8.86. The average molecular weight is 342 g/mol. The minimum Gasteiger partial charge on any atom is -0.399 e. The van der Waals surface area contributed by atoms with Gasteiger partial charge in [-0.1, -0.05) is 25.9 Å². The zero-order valence-corrected chi connectivity index (χ0v) is 13.5. The van der Waals surface area contributed by atoms with E-state index in [9.17, 15) is 0 Å². The zero-order valence-electron chi connectivity index (χ0n) is 11.1. The summed E-state index contributed by atoms with van der Waals surface area (Å²) in [5.74, 6) is 2.04. The molecule has 0 unspecified atom stereocenters. The van der Waals surface area contributed by atoms with E-state index >= 15 is 0 Å². The van der Waals surface area contributed by atoms with Crippen LogP contribution in [-0.2, 0) is 11.2 Å². The topological polar surface area (TPSA) is 64.9 Å². The zero-order chi connectivity index (χ0) is 14.0. The summed E-state index contributed by atoms with van der Waals surface area (Å²) in [6, 6.07) is 5.75. The summed E-state index contributed by atoms with van der Waals surface area (Å²) >= 11 is 5.14. The highest BCUT2D eigenvalue weighted by atomic mass is 79.9. The van der Waals surface area contributed by atoms with Crippen molar-refractivity contribution in [2.75, 3.05) is 5.73 Å². The maximum absolute atomic E-state index is 5.71. The summed E-state index contributed by atoms with van der Waals surface area (Å²) in [6.45, 7) is 6.15. The highest BCUT2D eigenvalue weighted by molar-refractivity contribution is 9.10. The fraction of sp³-hybridized carbons (Fsp3) is 0.385. The first-order valence-electron chi connectivity index (χ1n) is 5.87. The van der Waals surface area contributed by atoms with Crippen molar-refractivity contribution in [1.29, 1.82) is 0 Å². The fourth-order valence-corrected chi connectivity index (χ4v) is 2.90. The van der Waals surface area contributed by atoms with Gasteiger partial charge in [-0.3, -0.25) is 0 Å². The third kappa shape index (κ3) is 3.73. The van der Waals surface area contributed by atoms with Crippen LogP contribution < -0.4 is 5.73 Å². The van der Waals surface area contributed by atoms with Crippen molar-refractivity contribution in [2.45, 2.75) is 36.8 Å². The number of nitrogen functional groups attached to an aromatic ring is 1. The van der Waals surface area contributed by atoms with Crippen molar-refractivity contribution in [1.82, 2.24) is 10.1 Å².